The second-order valence-corrected chi connectivity index (χ2v) is 7.13. The number of halogens is 1. The molecule has 0 spiro atoms. The topological polar surface area (TPSA) is 50.7 Å². The molecule has 0 aliphatic rings. The maximum absolute atomic E-state index is 9.34. The average molecular weight is 364 g/mol. The summed E-state index contributed by atoms with van der Waals surface area (Å²) < 4.78 is 11.4. The number of ether oxygens (including phenoxy) is 2. The minimum absolute atomic E-state index is 0.0511. The molecule has 0 radical (unpaired) electrons. The molecule has 0 aromatic heterocycles. The molecule has 0 saturated carbocycles. The van der Waals surface area contributed by atoms with Gasteiger partial charge in [-0.1, -0.05) is 35.9 Å². The van der Waals surface area contributed by atoms with Crippen molar-refractivity contribution in [2.24, 2.45) is 0 Å². The molecule has 0 aliphatic carbocycles. The minimum atomic E-state index is -0.361. The molecule has 4 nitrogen and oxygen atoms in total. The molecule has 2 N–H and O–H groups in total. The van der Waals surface area contributed by atoms with Gasteiger partial charge in [-0.15, -0.1) is 0 Å². The number of aliphatic hydroxyl groups excluding tert-OH is 1. The first kappa shape index (κ1) is 19.6. The van der Waals surface area contributed by atoms with Crippen LogP contribution in [0.4, 0.5) is 0 Å². The summed E-state index contributed by atoms with van der Waals surface area (Å²) in [4.78, 5) is 0. The van der Waals surface area contributed by atoms with E-state index >= 15 is 0 Å². The van der Waals surface area contributed by atoms with Crippen molar-refractivity contribution in [2.45, 2.75) is 39.5 Å². The van der Waals surface area contributed by atoms with Gasteiger partial charge in [-0.25, -0.2) is 0 Å². The van der Waals surface area contributed by atoms with Gasteiger partial charge in [0.1, 0.15) is 6.61 Å². The van der Waals surface area contributed by atoms with E-state index in [1.54, 1.807) is 7.11 Å². The van der Waals surface area contributed by atoms with Crippen LogP contribution < -0.4 is 14.8 Å². The van der Waals surface area contributed by atoms with Gasteiger partial charge in [0, 0.05) is 12.1 Å². The van der Waals surface area contributed by atoms with Gasteiger partial charge in [0.25, 0.3) is 0 Å². The molecular weight excluding hydrogens is 338 g/mol. The first-order valence-electron chi connectivity index (χ1n) is 8.26. The van der Waals surface area contributed by atoms with Gasteiger partial charge in [-0.05, 0) is 49.6 Å². The molecule has 2 rings (SSSR count). The lowest BCUT2D eigenvalue weighted by Crippen LogP contribution is -2.42. The zero-order chi connectivity index (χ0) is 18.4. The number of hydrogen-bond acceptors (Lipinski definition) is 4. The first-order chi connectivity index (χ1) is 11.9. The van der Waals surface area contributed by atoms with Crippen LogP contribution in [0.25, 0.3) is 0 Å². The molecule has 5 heteroatoms. The van der Waals surface area contributed by atoms with Crippen LogP contribution in [-0.4, -0.2) is 24.4 Å². The molecule has 0 saturated heterocycles. The predicted molar refractivity (Wildman–Crippen MR) is 102 cm³/mol. The molecule has 25 heavy (non-hydrogen) atoms. The van der Waals surface area contributed by atoms with Crippen LogP contribution in [0.2, 0.25) is 5.02 Å². The van der Waals surface area contributed by atoms with Crippen molar-refractivity contribution in [1.29, 1.82) is 0 Å². The van der Waals surface area contributed by atoms with E-state index in [0.717, 1.165) is 11.1 Å². The van der Waals surface area contributed by atoms with Gasteiger partial charge >= 0.3 is 0 Å². The van der Waals surface area contributed by atoms with E-state index in [2.05, 4.69) is 18.3 Å². The fraction of sp³-hybridized carbons (Fsp3) is 0.400. The number of methoxy groups -OCH3 is 1. The van der Waals surface area contributed by atoms with E-state index in [1.807, 2.05) is 44.2 Å². The highest BCUT2D eigenvalue weighted by Gasteiger charge is 2.17. The highest BCUT2D eigenvalue weighted by molar-refractivity contribution is 6.32. The second-order valence-electron chi connectivity index (χ2n) is 6.72. The third kappa shape index (κ3) is 5.36. The van der Waals surface area contributed by atoms with E-state index in [1.165, 1.54) is 5.56 Å². The van der Waals surface area contributed by atoms with E-state index in [0.29, 0.717) is 29.7 Å². The lowest BCUT2D eigenvalue weighted by Gasteiger charge is -2.24. The van der Waals surface area contributed by atoms with Crippen LogP contribution in [0.15, 0.2) is 36.4 Å². The molecular formula is C20H26ClNO3. The van der Waals surface area contributed by atoms with Gasteiger partial charge in [0.2, 0.25) is 0 Å². The maximum Gasteiger partial charge on any atom is 0.180 e. The Kier molecular flexibility index (Phi) is 6.71. The Balaban J connectivity index is 2.15. The van der Waals surface area contributed by atoms with Crippen molar-refractivity contribution in [2.75, 3.05) is 13.7 Å². The first-order valence-corrected chi connectivity index (χ1v) is 8.63. The SMILES string of the molecule is COc1cc(CNC(C)(C)CO)cc(Cl)c1OCc1ccccc1C. The molecule has 136 valence electrons. The molecule has 0 unspecified atom stereocenters. The van der Waals surface area contributed by atoms with Gasteiger partial charge in [0.05, 0.1) is 18.7 Å². The highest BCUT2D eigenvalue weighted by Crippen LogP contribution is 2.37. The van der Waals surface area contributed by atoms with Crippen LogP contribution in [0.1, 0.15) is 30.5 Å². The minimum Gasteiger partial charge on any atom is -0.493 e. The van der Waals surface area contributed by atoms with Gasteiger partial charge < -0.3 is 19.9 Å². The highest BCUT2D eigenvalue weighted by atomic mass is 35.5. The summed E-state index contributed by atoms with van der Waals surface area (Å²) in [5.41, 5.74) is 2.88. The summed E-state index contributed by atoms with van der Waals surface area (Å²) in [7, 11) is 1.60. The molecule has 2 aromatic carbocycles. The van der Waals surface area contributed by atoms with Gasteiger partial charge in [0.15, 0.2) is 11.5 Å². The van der Waals surface area contributed by atoms with Crippen molar-refractivity contribution in [1.82, 2.24) is 5.32 Å². The van der Waals surface area contributed by atoms with Crippen molar-refractivity contribution in [3.05, 3.63) is 58.1 Å². The van der Waals surface area contributed by atoms with Crippen LogP contribution in [-0.2, 0) is 13.2 Å². The number of nitrogens with one attached hydrogen (secondary N) is 1. The summed E-state index contributed by atoms with van der Waals surface area (Å²) in [6.07, 6.45) is 0. The lowest BCUT2D eigenvalue weighted by molar-refractivity contribution is 0.187. The third-order valence-electron chi connectivity index (χ3n) is 4.09. The molecule has 0 fully saturated rings. The summed E-state index contributed by atoms with van der Waals surface area (Å²) in [5, 5.41) is 13.1. The molecule has 0 bridgehead atoms. The molecule has 0 aliphatic heterocycles. The van der Waals surface area contributed by atoms with Crippen molar-refractivity contribution in [3.63, 3.8) is 0 Å². The normalized spacial score (nSPS) is 11.4. The summed E-state index contributed by atoms with van der Waals surface area (Å²) in [6.45, 7) is 6.97. The van der Waals surface area contributed by atoms with Crippen LogP contribution >= 0.6 is 11.6 Å². The third-order valence-corrected chi connectivity index (χ3v) is 4.37. The number of rotatable bonds is 8. The number of benzene rings is 2. The zero-order valence-corrected chi connectivity index (χ0v) is 16.0. The lowest BCUT2D eigenvalue weighted by atomic mass is 10.1. The largest absolute Gasteiger partial charge is 0.493 e. The summed E-state index contributed by atoms with van der Waals surface area (Å²) in [6, 6.07) is 11.8. The Morgan fingerprint density at radius 1 is 1.20 bits per heavy atom. The van der Waals surface area contributed by atoms with Gasteiger partial charge in [-0.3, -0.25) is 0 Å². The van der Waals surface area contributed by atoms with Crippen molar-refractivity contribution in [3.8, 4) is 11.5 Å². The standard InChI is InChI=1S/C20H26ClNO3/c1-14-7-5-6-8-16(14)12-25-19-17(21)9-15(10-18(19)24-4)11-22-20(2,3)13-23/h5-10,22-23H,11-13H2,1-4H3. The molecule has 0 heterocycles. The monoisotopic (exact) mass is 363 g/mol. The van der Waals surface area contributed by atoms with E-state index in [9.17, 15) is 5.11 Å². The fourth-order valence-corrected chi connectivity index (χ4v) is 2.62. The van der Waals surface area contributed by atoms with Gasteiger partial charge in [-0.2, -0.15) is 0 Å². The number of aryl methyl sites for hydroxylation is 1. The van der Waals surface area contributed by atoms with E-state index in [-0.39, 0.29) is 12.1 Å². The van der Waals surface area contributed by atoms with Crippen molar-refractivity contribution < 1.29 is 14.6 Å². The maximum atomic E-state index is 9.34. The smallest absolute Gasteiger partial charge is 0.180 e. The number of aliphatic hydroxyl groups is 1. The Hall–Kier alpha value is -1.75. The van der Waals surface area contributed by atoms with E-state index < -0.39 is 0 Å². The van der Waals surface area contributed by atoms with Crippen LogP contribution in [0.3, 0.4) is 0 Å². The zero-order valence-electron chi connectivity index (χ0n) is 15.2. The average Bonchev–Trinajstić information content (AvgIpc) is 2.60. The predicted octanol–water partition coefficient (Wildman–Crippen LogP) is 4.10. The van der Waals surface area contributed by atoms with E-state index in [4.69, 9.17) is 21.1 Å². The molecule has 2 aromatic rings. The van der Waals surface area contributed by atoms with Crippen molar-refractivity contribution >= 4 is 11.6 Å². The molecule has 0 atom stereocenters. The number of hydrogen-bond donors (Lipinski definition) is 2. The Morgan fingerprint density at radius 3 is 2.56 bits per heavy atom. The Bertz CT molecular complexity index is 716. The molecule has 0 amide bonds. The quantitative estimate of drug-likeness (QED) is 0.741. The second kappa shape index (κ2) is 8.56. The Labute approximate surface area is 154 Å². The summed E-state index contributed by atoms with van der Waals surface area (Å²) >= 11 is 6.42. The summed E-state index contributed by atoms with van der Waals surface area (Å²) in [5.74, 6) is 1.14. The van der Waals surface area contributed by atoms with Crippen LogP contribution in [0, 0.1) is 6.92 Å². The van der Waals surface area contributed by atoms with Crippen LogP contribution in [0.5, 0.6) is 11.5 Å². The Morgan fingerprint density at radius 2 is 1.92 bits per heavy atom. The fourth-order valence-electron chi connectivity index (χ4n) is 2.33.